The third kappa shape index (κ3) is 0.827. The summed E-state index contributed by atoms with van der Waals surface area (Å²) in [7, 11) is 0. The Labute approximate surface area is 65.8 Å². The molecule has 1 aliphatic carbocycles. The number of nitrogens with two attached hydrogens (primary N) is 1. The minimum atomic E-state index is 0.676. The highest BCUT2D eigenvalue weighted by molar-refractivity contribution is 5.74. The molecule has 0 radical (unpaired) electrons. The number of fused-ring (bicyclic) bond motifs is 1. The smallest absolute Gasteiger partial charge is 0.127 e. The van der Waals surface area contributed by atoms with Crippen molar-refractivity contribution in [3.63, 3.8) is 0 Å². The zero-order chi connectivity index (χ0) is 7.84. The Morgan fingerprint density at radius 2 is 2.36 bits per heavy atom. The van der Waals surface area contributed by atoms with Crippen LogP contribution in [0.1, 0.15) is 18.1 Å². The first-order chi connectivity index (χ1) is 5.29. The molecule has 0 aliphatic heterocycles. The minimum Gasteiger partial charge on any atom is -0.383 e. The predicted octanol–water partition coefficient (Wildman–Crippen LogP) is 1.62. The van der Waals surface area contributed by atoms with E-state index >= 15 is 0 Å². The number of allylic oxidation sites excluding steroid dienone is 2. The maximum absolute atomic E-state index is 5.69. The number of pyridine rings is 1. The molecule has 0 saturated heterocycles. The van der Waals surface area contributed by atoms with E-state index in [1.54, 1.807) is 6.20 Å². The van der Waals surface area contributed by atoms with Gasteiger partial charge in [0, 0.05) is 11.8 Å². The monoisotopic (exact) mass is 146 g/mol. The van der Waals surface area contributed by atoms with Gasteiger partial charge in [0.1, 0.15) is 5.82 Å². The fourth-order valence-electron chi connectivity index (χ4n) is 1.46. The van der Waals surface area contributed by atoms with Gasteiger partial charge in [0.15, 0.2) is 0 Å². The van der Waals surface area contributed by atoms with Crippen molar-refractivity contribution >= 4 is 11.4 Å². The Morgan fingerprint density at radius 3 is 3.09 bits per heavy atom. The summed E-state index contributed by atoms with van der Waals surface area (Å²) in [5, 5.41) is 0. The van der Waals surface area contributed by atoms with Gasteiger partial charge in [-0.1, -0.05) is 6.08 Å². The molecule has 0 bridgehead atoms. The fraction of sp³-hybridized carbons (Fsp3) is 0.222. The minimum absolute atomic E-state index is 0.676. The summed E-state index contributed by atoms with van der Waals surface area (Å²) in [5.74, 6) is 0.676. The lowest BCUT2D eigenvalue weighted by molar-refractivity contribution is 1.22. The lowest BCUT2D eigenvalue weighted by Crippen LogP contribution is -1.96. The van der Waals surface area contributed by atoms with Crippen LogP contribution in [-0.4, -0.2) is 4.98 Å². The predicted molar refractivity (Wildman–Crippen MR) is 46.0 cm³/mol. The van der Waals surface area contributed by atoms with Gasteiger partial charge in [-0.2, -0.15) is 0 Å². The van der Waals surface area contributed by atoms with Gasteiger partial charge in [0.25, 0.3) is 0 Å². The molecule has 0 fully saturated rings. The number of nitrogens with zero attached hydrogens (tertiary/aromatic N) is 1. The zero-order valence-electron chi connectivity index (χ0n) is 6.46. The molecule has 1 heterocycles. The molecule has 56 valence electrons. The van der Waals surface area contributed by atoms with E-state index in [-0.39, 0.29) is 0 Å². The zero-order valence-corrected chi connectivity index (χ0v) is 6.46. The molecule has 2 nitrogen and oxygen atoms in total. The number of nitrogen functional groups attached to an aromatic ring is 1. The second-order valence-corrected chi connectivity index (χ2v) is 2.81. The van der Waals surface area contributed by atoms with Crippen LogP contribution in [0.25, 0.3) is 5.57 Å². The molecule has 0 aromatic carbocycles. The van der Waals surface area contributed by atoms with Crippen molar-refractivity contribution < 1.29 is 0 Å². The van der Waals surface area contributed by atoms with Crippen molar-refractivity contribution in [1.82, 2.24) is 4.98 Å². The van der Waals surface area contributed by atoms with Crippen LogP contribution in [0.4, 0.5) is 5.82 Å². The Balaban J connectivity index is 2.64. The van der Waals surface area contributed by atoms with Crippen LogP contribution in [0.5, 0.6) is 0 Å². The Kier molecular flexibility index (Phi) is 1.22. The molecule has 1 aromatic heterocycles. The van der Waals surface area contributed by atoms with Gasteiger partial charge in [0.2, 0.25) is 0 Å². The van der Waals surface area contributed by atoms with Crippen LogP contribution in [-0.2, 0) is 6.42 Å². The third-order valence-electron chi connectivity index (χ3n) is 2.13. The standard InChI is InChI=1S/C9H10N2/c1-6-2-3-8-7(6)4-5-11-9(8)10/h2,4-5H,3H2,1H3,(H2,10,11). The highest BCUT2D eigenvalue weighted by Crippen LogP contribution is 2.28. The summed E-state index contributed by atoms with van der Waals surface area (Å²) in [5.41, 5.74) is 9.45. The lowest BCUT2D eigenvalue weighted by Gasteiger charge is -2.02. The van der Waals surface area contributed by atoms with Crippen LogP contribution in [0.2, 0.25) is 0 Å². The first-order valence-electron chi connectivity index (χ1n) is 3.69. The van der Waals surface area contributed by atoms with E-state index in [9.17, 15) is 0 Å². The van der Waals surface area contributed by atoms with Gasteiger partial charge >= 0.3 is 0 Å². The van der Waals surface area contributed by atoms with Gasteiger partial charge < -0.3 is 5.73 Å². The van der Waals surface area contributed by atoms with E-state index in [0.29, 0.717) is 5.82 Å². The molecular weight excluding hydrogens is 136 g/mol. The fourth-order valence-corrected chi connectivity index (χ4v) is 1.46. The number of anilines is 1. The number of aromatic nitrogens is 1. The molecule has 0 spiro atoms. The summed E-state index contributed by atoms with van der Waals surface area (Å²) >= 11 is 0. The van der Waals surface area contributed by atoms with Gasteiger partial charge in [0.05, 0.1) is 0 Å². The van der Waals surface area contributed by atoms with Crippen LogP contribution < -0.4 is 5.73 Å². The largest absolute Gasteiger partial charge is 0.383 e. The lowest BCUT2D eigenvalue weighted by atomic mass is 10.1. The molecule has 2 N–H and O–H groups in total. The summed E-state index contributed by atoms with van der Waals surface area (Å²) in [6, 6.07) is 2.02. The molecule has 0 atom stereocenters. The second kappa shape index (κ2) is 2.09. The quantitative estimate of drug-likeness (QED) is 0.604. The summed E-state index contributed by atoms with van der Waals surface area (Å²) < 4.78 is 0. The molecule has 2 heteroatoms. The van der Waals surface area contributed by atoms with Crippen molar-refractivity contribution in [2.75, 3.05) is 5.73 Å². The highest BCUT2D eigenvalue weighted by atomic mass is 14.8. The number of hydrogen-bond donors (Lipinski definition) is 1. The number of hydrogen-bond acceptors (Lipinski definition) is 2. The molecule has 0 amide bonds. The first-order valence-corrected chi connectivity index (χ1v) is 3.69. The van der Waals surface area contributed by atoms with E-state index in [1.165, 1.54) is 16.7 Å². The van der Waals surface area contributed by atoms with E-state index in [4.69, 9.17) is 5.73 Å². The highest BCUT2D eigenvalue weighted by Gasteiger charge is 2.12. The molecule has 11 heavy (non-hydrogen) atoms. The second-order valence-electron chi connectivity index (χ2n) is 2.81. The topological polar surface area (TPSA) is 38.9 Å². The summed E-state index contributed by atoms with van der Waals surface area (Å²) in [6.07, 6.45) is 4.89. The van der Waals surface area contributed by atoms with Crippen LogP contribution in [0.15, 0.2) is 18.3 Å². The average Bonchev–Trinajstić information content (AvgIpc) is 2.35. The Bertz CT molecular complexity index is 326. The van der Waals surface area contributed by atoms with E-state index in [0.717, 1.165) is 6.42 Å². The first kappa shape index (κ1) is 6.40. The third-order valence-corrected chi connectivity index (χ3v) is 2.13. The summed E-state index contributed by atoms with van der Waals surface area (Å²) in [4.78, 5) is 4.03. The number of rotatable bonds is 0. The van der Waals surface area contributed by atoms with Gasteiger partial charge in [-0.25, -0.2) is 4.98 Å². The normalized spacial score (nSPS) is 14.5. The molecule has 0 saturated carbocycles. The maximum atomic E-state index is 5.69. The van der Waals surface area contributed by atoms with Crippen LogP contribution in [0.3, 0.4) is 0 Å². The molecule has 2 rings (SSSR count). The van der Waals surface area contributed by atoms with Crippen molar-refractivity contribution in [1.29, 1.82) is 0 Å². The Morgan fingerprint density at radius 1 is 1.55 bits per heavy atom. The van der Waals surface area contributed by atoms with Crippen molar-refractivity contribution in [2.45, 2.75) is 13.3 Å². The summed E-state index contributed by atoms with van der Waals surface area (Å²) in [6.45, 7) is 2.10. The van der Waals surface area contributed by atoms with E-state index in [1.807, 2.05) is 6.07 Å². The van der Waals surface area contributed by atoms with Gasteiger partial charge in [-0.15, -0.1) is 0 Å². The van der Waals surface area contributed by atoms with E-state index < -0.39 is 0 Å². The molecule has 0 unspecified atom stereocenters. The molecule has 1 aromatic rings. The molecular formula is C9H10N2. The Hall–Kier alpha value is -1.31. The SMILES string of the molecule is CC1=CCc2c1ccnc2N. The van der Waals surface area contributed by atoms with Crippen molar-refractivity contribution in [2.24, 2.45) is 0 Å². The van der Waals surface area contributed by atoms with Crippen LogP contribution in [0, 0.1) is 0 Å². The van der Waals surface area contributed by atoms with E-state index in [2.05, 4.69) is 18.0 Å². The maximum Gasteiger partial charge on any atom is 0.127 e. The average molecular weight is 146 g/mol. The van der Waals surface area contributed by atoms with Gasteiger partial charge in [-0.3, -0.25) is 0 Å². The van der Waals surface area contributed by atoms with Gasteiger partial charge in [-0.05, 0) is 30.5 Å². The van der Waals surface area contributed by atoms with Crippen molar-refractivity contribution in [3.05, 3.63) is 29.5 Å². The molecule has 1 aliphatic rings. The van der Waals surface area contributed by atoms with Crippen molar-refractivity contribution in [3.8, 4) is 0 Å². The van der Waals surface area contributed by atoms with Crippen LogP contribution >= 0.6 is 0 Å².